The first-order valence-electron chi connectivity index (χ1n) is 11.9. The molecule has 8 aromatic rings. The summed E-state index contributed by atoms with van der Waals surface area (Å²) in [4.78, 5) is 4.79. The van der Waals surface area contributed by atoms with E-state index in [0.29, 0.717) is 5.89 Å². The third-order valence-corrected chi connectivity index (χ3v) is 7.25. The molecule has 0 N–H and O–H groups in total. The van der Waals surface area contributed by atoms with Gasteiger partial charge in [-0.1, -0.05) is 91.0 Å². The van der Waals surface area contributed by atoms with E-state index in [9.17, 15) is 0 Å². The van der Waals surface area contributed by atoms with E-state index in [1.807, 2.05) is 24.3 Å². The maximum atomic E-state index is 6.17. The lowest BCUT2D eigenvalue weighted by molar-refractivity contribution is 0.620. The van der Waals surface area contributed by atoms with Crippen molar-refractivity contribution in [1.82, 2.24) is 4.98 Å². The molecule has 0 spiro atoms. The van der Waals surface area contributed by atoms with E-state index < -0.39 is 0 Å². The molecule has 1 heterocycles. The smallest absolute Gasteiger partial charge is 0.227 e. The maximum absolute atomic E-state index is 6.17. The highest BCUT2D eigenvalue weighted by molar-refractivity contribution is 6.27. The largest absolute Gasteiger partial charge is 0.436 e. The minimum atomic E-state index is 0.666. The lowest BCUT2D eigenvalue weighted by Crippen LogP contribution is -1.89. The van der Waals surface area contributed by atoms with Crippen LogP contribution in [-0.2, 0) is 0 Å². The van der Waals surface area contributed by atoms with Crippen LogP contribution < -0.4 is 0 Å². The molecule has 35 heavy (non-hydrogen) atoms. The molecule has 0 radical (unpaired) electrons. The number of benzene rings is 7. The van der Waals surface area contributed by atoms with Gasteiger partial charge in [0, 0.05) is 5.56 Å². The average molecular weight is 446 g/mol. The Morgan fingerprint density at radius 2 is 1.11 bits per heavy atom. The Bertz CT molecular complexity index is 2030. The zero-order valence-corrected chi connectivity index (χ0v) is 18.8. The zero-order valence-electron chi connectivity index (χ0n) is 18.8. The summed E-state index contributed by atoms with van der Waals surface area (Å²) in [6.45, 7) is 0. The quantitative estimate of drug-likeness (QED) is 0.248. The van der Waals surface area contributed by atoms with Gasteiger partial charge in [-0.3, -0.25) is 0 Å². The van der Waals surface area contributed by atoms with Crippen molar-refractivity contribution >= 4 is 54.2 Å². The van der Waals surface area contributed by atoms with Gasteiger partial charge in [0.25, 0.3) is 0 Å². The normalized spacial score (nSPS) is 12.0. The fraction of sp³-hybridized carbons (Fsp3) is 0. The molecule has 0 aliphatic carbocycles. The lowest BCUT2D eigenvalue weighted by atomic mass is 9.88. The van der Waals surface area contributed by atoms with Gasteiger partial charge in [0.15, 0.2) is 5.58 Å². The third-order valence-electron chi connectivity index (χ3n) is 7.25. The van der Waals surface area contributed by atoms with Crippen LogP contribution >= 0.6 is 0 Å². The highest BCUT2D eigenvalue weighted by Crippen LogP contribution is 2.42. The Kier molecular flexibility index (Phi) is 3.69. The van der Waals surface area contributed by atoms with Gasteiger partial charge in [-0.25, -0.2) is 4.98 Å². The van der Waals surface area contributed by atoms with E-state index in [2.05, 4.69) is 91.0 Å². The van der Waals surface area contributed by atoms with Gasteiger partial charge < -0.3 is 4.42 Å². The van der Waals surface area contributed by atoms with Crippen molar-refractivity contribution in [2.24, 2.45) is 0 Å². The molecule has 0 fully saturated rings. The maximum Gasteiger partial charge on any atom is 0.227 e. The predicted octanol–water partition coefficient (Wildman–Crippen LogP) is 9.21. The van der Waals surface area contributed by atoms with E-state index in [-0.39, 0.29) is 0 Å². The number of hydrogen-bond donors (Lipinski definition) is 0. The highest BCUT2D eigenvalue weighted by Gasteiger charge is 2.17. The number of aromatic nitrogens is 1. The predicted molar refractivity (Wildman–Crippen MR) is 146 cm³/mol. The second kappa shape index (κ2) is 6.91. The van der Waals surface area contributed by atoms with Crippen molar-refractivity contribution < 1.29 is 4.42 Å². The minimum absolute atomic E-state index is 0.666. The molecule has 2 heteroatoms. The molecule has 7 aromatic carbocycles. The molecule has 0 atom stereocenters. The minimum Gasteiger partial charge on any atom is -0.436 e. The summed E-state index contributed by atoms with van der Waals surface area (Å²) in [6, 6.07) is 41.0. The summed E-state index contributed by atoms with van der Waals surface area (Å²) in [5.74, 6) is 0.666. The second-order valence-corrected chi connectivity index (χ2v) is 9.20. The van der Waals surface area contributed by atoms with Crippen LogP contribution in [0.1, 0.15) is 0 Å². The van der Waals surface area contributed by atoms with Gasteiger partial charge in [0.2, 0.25) is 5.89 Å². The van der Waals surface area contributed by atoms with Gasteiger partial charge in [-0.05, 0) is 78.5 Å². The van der Waals surface area contributed by atoms with Crippen LogP contribution in [0.2, 0.25) is 0 Å². The van der Waals surface area contributed by atoms with E-state index >= 15 is 0 Å². The Morgan fingerprint density at radius 1 is 0.486 bits per heavy atom. The summed E-state index contributed by atoms with van der Waals surface area (Å²) in [6.07, 6.45) is 0. The Labute approximate surface area is 201 Å². The van der Waals surface area contributed by atoms with Gasteiger partial charge in [-0.2, -0.15) is 0 Å². The van der Waals surface area contributed by atoms with Crippen LogP contribution in [-0.4, -0.2) is 4.98 Å². The molecule has 1 aromatic heterocycles. The third kappa shape index (κ3) is 2.68. The van der Waals surface area contributed by atoms with E-state index in [4.69, 9.17) is 9.40 Å². The Morgan fingerprint density at radius 3 is 1.91 bits per heavy atom. The molecule has 0 saturated heterocycles. The van der Waals surface area contributed by atoms with Gasteiger partial charge in [-0.15, -0.1) is 0 Å². The fourth-order valence-electron chi connectivity index (χ4n) is 5.58. The molecule has 0 amide bonds. The van der Waals surface area contributed by atoms with Crippen molar-refractivity contribution in [2.45, 2.75) is 0 Å². The first-order chi connectivity index (χ1) is 17.3. The van der Waals surface area contributed by atoms with Crippen LogP contribution in [0, 0.1) is 0 Å². The molecule has 0 unspecified atom stereocenters. The number of para-hydroxylation sites is 2. The second-order valence-electron chi connectivity index (χ2n) is 9.20. The molecule has 2 nitrogen and oxygen atoms in total. The van der Waals surface area contributed by atoms with Crippen molar-refractivity contribution in [3.63, 3.8) is 0 Å². The average Bonchev–Trinajstić information content (AvgIpc) is 3.35. The highest BCUT2D eigenvalue weighted by atomic mass is 16.3. The molecule has 0 aliphatic heterocycles. The lowest BCUT2D eigenvalue weighted by Gasteiger charge is -2.16. The standard InChI is InChI=1S/C33H19NO/c1-2-6-23-19-24(10-9-20(23)5-1)25-15-11-21-13-17-27-28(33-34-29-7-3-4-8-30(29)35-33)18-14-22-12-16-26(25)31(21)32(22)27/h1-19H. The Hall–Kier alpha value is -4.69. The number of oxazole rings is 1. The van der Waals surface area contributed by atoms with Crippen molar-refractivity contribution in [2.75, 3.05) is 0 Å². The first-order valence-corrected chi connectivity index (χ1v) is 11.9. The van der Waals surface area contributed by atoms with E-state index in [0.717, 1.165) is 16.7 Å². The number of hydrogen-bond acceptors (Lipinski definition) is 2. The molecule has 0 saturated carbocycles. The molecule has 0 bridgehead atoms. The van der Waals surface area contributed by atoms with Crippen LogP contribution in [0.25, 0.3) is 76.8 Å². The molecular weight excluding hydrogens is 426 g/mol. The summed E-state index contributed by atoms with van der Waals surface area (Å²) in [5.41, 5.74) is 5.21. The molecule has 0 aliphatic rings. The molecular formula is C33H19NO. The summed E-state index contributed by atoms with van der Waals surface area (Å²) in [5, 5.41) is 10.00. The fourth-order valence-corrected chi connectivity index (χ4v) is 5.58. The SMILES string of the molecule is c1ccc2cc(-c3ccc4ccc5c(-c6nc7ccccc7o6)ccc6ccc3c4c65)ccc2c1. The number of fused-ring (bicyclic) bond motifs is 2. The van der Waals surface area contributed by atoms with Crippen LogP contribution in [0.5, 0.6) is 0 Å². The van der Waals surface area contributed by atoms with Crippen LogP contribution in [0.3, 0.4) is 0 Å². The number of nitrogens with zero attached hydrogens (tertiary/aromatic N) is 1. The summed E-state index contributed by atoms with van der Waals surface area (Å²) >= 11 is 0. The molecule has 162 valence electrons. The van der Waals surface area contributed by atoms with Gasteiger partial charge in [0.05, 0.1) is 0 Å². The van der Waals surface area contributed by atoms with Crippen molar-refractivity contribution in [3.8, 4) is 22.6 Å². The first kappa shape index (κ1) is 18.7. The zero-order chi connectivity index (χ0) is 22.9. The monoisotopic (exact) mass is 445 g/mol. The van der Waals surface area contributed by atoms with E-state index in [1.54, 1.807) is 0 Å². The number of rotatable bonds is 2. The summed E-state index contributed by atoms with van der Waals surface area (Å²) in [7, 11) is 0. The molecule has 8 rings (SSSR count). The van der Waals surface area contributed by atoms with Gasteiger partial charge in [0.1, 0.15) is 5.52 Å². The van der Waals surface area contributed by atoms with Crippen LogP contribution in [0.4, 0.5) is 0 Å². The van der Waals surface area contributed by atoms with Gasteiger partial charge >= 0.3 is 0 Å². The van der Waals surface area contributed by atoms with Crippen LogP contribution in [0.15, 0.2) is 120 Å². The van der Waals surface area contributed by atoms with Crippen molar-refractivity contribution in [1.29, 1.82) is 0 Å². The van der Waals surface area contributed by atoms with E-state index in [1.165, 1.54) is 54.2 Å². The summed E-state index contributed by atoms with van der Waals surface area (Å²) < 4.78 is 6.17. The topological polar surface area (TPSA) is 26.0 Å². The Balaban J connectivity index is 1.43. The van der Waals surface area contributed by atoms with Crippen molar-refractivity contribution in [3.05, 3.63) is 115 Å².